The number of phosphoric ester groups is 1. The first-order valence-electron chi connectivity index (χ1n) is 17.4. The van der Waals surface area contributed by atoms with Gasteiger partial charge in [-0.15, -0.1) is 0 Å². The van der Waals surface area contributed by atoms with Crippen molar-refractivity contribution < 1.29 is 38.0 Å². The largest absolute Gasteiger partial charge is 0.472 e. The summed E-state index contributed by atoms with van der Waals surface area (Å²) >= 11 is 0. The molecule has 0 aromatic rings. The van der Waals surface area contributed by atoms with Gasteiger partial charge >= 0.3 is 7.82 Å². The molecule has 0 heterocycles. The minimum absolute atomic E-state index is 0.0123. The fourth-order valence-electron chi connectivity index (χ4n) is 4.65. The van der Waals surface area contributed by atoms with Crippen LogP contribution in [0.1, 0.15) is 123 Å². The first-order chi connectivity index (χ1) is 21.4. The number of rotatable bonds is 30. The molecule has 4 unspecified atom stereocenters. The molecule has 0 spiro atoms. The molecule has 0 bridgehead atoms. The summed E-state index contributed by atoms with van der Waals surface area (Å²) in [7, 11) is 1.40. The molecule has 0 aliphatic carbocycles. The Hall–Kier alpha value is -1.32. The van der Waals surface area contributed by atoms with Gasteiger partial charge in [0.1, 0.15) is 19.3 Å². The van der Waals surface area contributed by atoms with Gasteiger partial charge in [-0.05, 0) is 58.3 Å². The number of phosphoric acid groups is 1. The van der Waals surface area contributed by atoms with Gasteiger partial charge in [-0.1, -0.05) is 94.7 Å². The SMILES string of the molecule is C/C=C/CC/C=C/CC/C=C/CCCC(O)C(O)C(COP(=O)(O)OCC[N+](C)(C)C)NC(=O)CCCCCCCCCCC. The van der Waals surface area contributed by atoms with Crippen LogP contribution in [0.4, 0.5) is 0 Å². The lowest BCUT2D eigenvalue weighted by Gasteiger charge is -2.28. The minimum Gasteiger partial charge on any atom is -0.390 e. The van der Waals surface area contributed by atoms with Crippen molar-refractivity contribution in [2.24, 2.45) is 0 Å². The number of hydrogen-bond donors (Lipinski definition) is 4. The minimum atomic E-state index is -4.41. The number of amides is 1. The van der Waals surface area contributed by atoms with Crippen molar-refractivity contribution in [3.8, 4) is 0 Å². The van der Waals surface area contributed by atoms with Gasteiger partial charge in [0.2, 0.25) is 5.91 Å². The second kappa shape index (κ2) is 27.8. The van der Waals surface area contributed by atoms with Crippen molar-refractivity contribution in [2.45, 2.75) is 141 Å². The molecule has 0 aliphatic rings. The van der Waals surface area contributed by atoms with Crippen molar-refractivity contribution >= 4 is 13.7 Å². The Morgan fingerprint density at radius 3 is 1.89 bits per heavy atom. The maximum absolute atomic E-state index is 12.7. The van der Waals surface area contributed by atoms with Crippen LogP contribution in [0, 0.1) is 0 Å². The van der Waals surface area contributed by atoms with Crippen molar-refractivity contribution in [3.63, 3.8) is 0 Å². The molecule has 0 saturated heterocycles. The zero-order valence-corrected chi connectivity index (χ0v) is 30.1. The van der Waals surface area contributed by atoms with Gasteiger partial charge in [0, 0.05) is 6.42 Å². The van der Waals surface area contributed by atoms with E-state index in [4.69, 9.17) is 9.05 Å². The van der Waals surface area contributed by atoms with E-state index < -0.39 is 32.7 Å². The van der Waals surface area contributed by atoms with Crippen molar-refractivity contribution in [3.05, 3.63) is 36.5 Å². The van der Waals surface area contributed by atoms with Gasteiger partial charge in [-0.3, -0.25) is 13.8 Å². The van der Waals surface area contributed by atoms with Gasteiger partial charge in [-0.2, -0.15) is 0 Å². The Bertz CT molecular complexity index is 857. The Labute approximate surface area is 275 Å². The van der Waals surface area contributed by atoms with Gasteiger partial charge < -0.3 is 24.9 Å². The molecule has 0 aromatic carbocycles. The third kappa shape index (κ3) is 28.6. The van der Waals surface area contributed by atoms with E-state index in [1.54, 1.807) is 0 Å². The van der Waals surface area contributed by atoms with Crippen LogP contribution in [0.25, 0.3) is 0 Å². The van der Waals surface area contributed by atoms with Crippen LogP contribution in [-0.2, 0) is 18.4 Å². The third-order valence-corrected chi connectivity index (χ3v) is 8.52. The Balaban J connectivity index is 4.77. The molecule has 0 radical (unpaired) electrons. The van der Waals surface area contributed by atoms with Crippen LogP contribution in [0.5, 0.6) is 0 Å². The van der Waals surface area contributed by atoms with Crippen LogP contribution in [0.2, 0.25) is 0 Å². The number of unbranched alkanes of at least 4 members (excludes halogenated alkanes) is 11. The molecule has 1 amide bonds. The second-order valence-electron chi connectivity index (χ2n) is 13.0. The fraction of sp³-hybridized carbons (Fsp3) is 0.800. The molecule has 45 heavy (non-hydrogen) atoms. The predicted octanol–water partition coefficient (Wildman–Crippen LogP) is 7.37. The average Bonchev–Trinajstić information content (AvgIpc) is 2.97. The molecule has 0 saturated carbocycles. The smallest absolute Gasteiger partial charge is 0.390 e. The van der Waals surface area contributed by atoms with Crippen LogP contribution < -0.4 is 5.32 Å². The molecule has 10 heteroatoms. The van der Waals surface area contributed by atoms with E-state index in [1.807, 2.05) is 28.1 Å². The number of nitrogens with one attached hydrogen (secondary N) is 1. The molecule has 9 nitrogen and oxygen atoms in total. The Morgan fingerprint density at radius 2 is 1.33 bits per heavy atom. The summed E-state index contributed by atoms with van der Waals surface area (Å²) < 4.78 is 23.3. The maximum Gasteiger partial charge on any atom is 0.472 e. The highest BCUT2D eigenvalue weighted by molar-refractivity contribution is 7.47. The molecular weight excluding hydrogens is 591 g/mol. The van der Waals surface area contributed by atoms with Gasteiger partial charge in [0.25, 0.3) is 0 Å². The van der Waals surface area contributed by atoms with Crippen molar-refractivity contribution in [2.75, 3.05) is 40.9 Å². The number of likely N-dealkylation sites (N-methyl/N-ethyl adjacent to an activating group) is 1. The summed E-state index contributed by atoms with van der Waals surface area (Å²) in [5, 5.41) is 24.4. The summed E-state index contributed by atoms with van der Waals surface area (Å²) in [6.45, 7) is 4.29. The van der Waals surface area contributed by atoms with Crippen LogP contribution in [-0.4, -0.2) is 84.6 Å². The Kier molecular flexibility index (Phi) is 26.9. The van der Waals surface area contributed by atoms with E-state index in [-0.39, 0.29) is 18.9 Å². The number of allylic oxidation sites excluding steroid dienone is 6. The molecule has 0 fully saturated rings. The summed E-state index contributed by atoms with van der Waals surface area (Å²) in [5.74, 6) is -0.282. The van der Waals surface area contributed by atoms with Crippen molar-refractivity contribution in [1.29, 1.82) is 0 Å². The number of carbonyl (C=O) groups is 1. The molecule has 0 aromatic heterocycles. The summed E-state index contributed by atoms with van der Waals surface area (Å²) in [6, 6.07) is -1.05. The summed E-state index contributed by atoms with van der Waals surface area (Å²) in [4.78, 5) is 22.9. The summed E-state index contributed by atoms with van der Waals surface area (Å²) in [5.41, 5.74) is 0. The van der Waals surface area contributed by atoms with Crippen LogP contribution in [0.15, 0.2) is 36.5 Å². The van der Waals surface area contributed by atoms with Crippen molar-refractivity contribution in [1.82, 2.24) is 5.32 Å². The third-order valence-electron chi connectivity index (χ3n) is 7.53. The number of quaternary nitrogens is 1. The lowest BCUT2D eigenvalue weighted by molar-refractivity contribution is -0.870. The number of aliphatic hydroxyl groups excluding tert-OH is 2. The van der Waals surface area contributed by atoms with Gasteiger partial charge in [0.15, 0.2) is 0 Å². The summed E-state index contributed by atoms with van der Waals surface area (Å²) in [6.07, 6.45) is 26.6. The average molecular weight is 660 g/mol. The van der Waals surface area contributed by atoms with E-state index in [2.05, 4.69) is 48.7 Å². The number of aliphatic hydroxyl groups is 2. The number of hydrogen-bond acceptors (Lipinski definition) is 6. The molecule has 0 aliphatic heterocycles. The molecular formula is C35H68N2O7P+. The lowest BCUT2D eigenvalue weighted by atomic mass is 10.0. The van der Waals surface area contributed by atoms with Gasteiger partial charge in [0.05, 0.1) is 39.9 Å². The monoisotopic (exact) mass is 659 g/mol. The van der Waals surface area contributed by atoms with E-state index in [9.17, 15) is 24.5 Å². The molecule has 4 N–H and O–H groups in total. The molecule has 0 rings (SSSR count). The highest BCUT2D eigenvalue weighted by atomic mass is 31.2. The van der Waals surface area contributed by atoms with E-state index >= 15 is 0 Å². The normalized spacial score (nSPS) is 16.0. The van der Waals surface area contributed by atoms with Crippen LogP contribution in [0.3, 0.4) is 0 Å². The molecule has 264 valence electrons. The first-order valence-corrected chi connectivity index (χ1v) is 18.9. The zero-order chi connectivity index (χ0) is 33.8. The van der Waals surface area contributed by atoms with E-state index in [0.29, 0.717) is 23.9 Å². The molecule has 4 atom stereocenters. The maximum atomic E-state index is 12.7. The van der Waals surface area contributed by atoms with E-state index in [0.717, 1.165) is 57.8 Å². The fourth-order valence-corrected chi connectivity index (χ4v) is 5.39. The highest BCUT2D eigenvalue weighted by Gasteiger charge is 2.31. The first kappa shape index (κ1) is 43.7. The van der Waals surface area contributed by atoms with Gasteiger partial charge in [-0.25, -0.2) is 4.57 Å². The quantitative estimate of drug-likeness (QED) is 0.0275. The van der Waals surface area contributed by atoms with Crippen LogP contribution >= 0.6 is 7.82 Å². The number of carbonyl (C=O) groups excluding carboxylic acids is 1. The highest BCUT2D eigenvalue weighted by Crippen LogP contribution is 2.43. The predicted molar refractivity (Wildman–Crippen MR) is 186 cm³/mol. The Morgan fingerprint density at radius 1 is 0.800 bits per heavy atom. The second-order valence-corrected chi connectivity index (χ2v) is 14.5. The topological polar surface area (TPSA) is 125 Å². The lowest BCUT2D eigenvalue weighted by Crippen LogP contribution is -2.51. The standard InChI is InChI=1S/C35H67N2O7P/c1-6-8-10-12-14-16-17-18-20-21-23-25-27-33(38)35(40)32(31-44-45(41,42)43-30-29-37(3,4)5)36-34(39)28-26-24-22-19-15-13-11-9-7-2/h6,8,14,16,20-21,32-33,35,38,40H,7,9-13,15,17-19,22-31H2,1-5H3,(H-,36,39,41,42)/p+1/b8-6+,16-14+,21-20+. The zero-order valence-electron chi connectivity index (χ0n) is 29.2. The van der Waals surface area contributed by atoms with E-state index in [1.165, 1.54) is 32.1 Å². The number of nitrogens with zero attached hydrogens (tertiary/aromatic N) is 1.